The van der Waals surface area contributed by atoms with Crippen LogP contribution in [0.5, 0.6) is 0 Å². The highest BCUT2D eigenvalue weighted by Gasteiger charge is 2.18. The minimum Gasteiger partial charge on any atom is -0.481 e. The number of nitrogens with one attached hydrogen (secondary N) is 1. The first kappa shape index (κ1) is 13.5. The van der Waals surface area contributed by atoms with E-state index in [4.69, 9.17) is 5.11 Å². The van der Waals surface area contributed by atoms with Gasteiger partial charge in [-0.15, -0.1) is 0 Å². The van der Waals surface area contributed by atoms with Gasteiger partial charge in [-0.1, -0.05) is 13.8 Å². The third-order valence-corrected chi connectivity index (χ3v) is 2.92. The van der Waals surface area contributed by atoms with Gasteiger partial charge < -0.3 is 15.0 Å². The number of aromatic nitrogens is 2. The molecule has 1 rings (SSSR count). The highest BCUT2D eigenvalue weighted by atomic mass is 16.4. The van der Waals surface area contributed by atoms with Crippen LogP contribution in [0.1, 0.15) is 33.1 Å². The number of imidazole rings is 1. The highest BCUT2D eigenvalue weighted by molar-refractivity contribution is 5.66. The smallest absolute Gasteiger partial charge is 0.303 e. The van der Waals surface area contributed by atoms with Crippen LogP contribution >= 0.6 is 0 Å². The largest absolute Gasteiger partial charge is 0.481 e. The lowest BCUT2D eigenvalue weighted by atomic mass is 9.84. The van der Waals surface area contributed by atoms with Gasteiger partial charge in [0.25, 0.3) is 0 Å². The van der Waals surface area contributed by atoms with Gasteiger partial charge in [-0.25, -0.2) is 4.98 Å². The standard InChI is InChI=1S/C12H21N3O2/c1-12(2,5-4-10(16)17)6-7-13-11-14-8-9-15(11)3/h8-9H,4-7H2,1-3H3,(H,13,14)(H,16,17). The zero-order valence-electron chi connectivity index (χ0n) is 10.7. The topological polar surface area (TPSA) is 67.2 Å². The minimum atomic E-state index is -0.727. The lowest BCUT2D eigenvalue weighted by Crippen LogP contribution is -2.19. The van der Waals surface area contributed by atoms with Crippen LogP contribution < -0.4 is 5.32 Å². The van der Waals surface area contributed by atoms with E-state index in [9.17, 15) is 4.79 Å². The summed E-state index contributed by atoms with van der Waals surface area (Å²) in [5.74, 6) is 0.120. The van der Waals surface area contributed by atoms with Gasteiger partial charge in [-0.3, -0.25) is 4.79 Å². The van der Waals surface area contributed by atoms with E-state index in [1.165, 1.54) is 0 Å². The molecule has 5 nitrogen and oxygen atoms in total. The summed E-state index contributed by atoms with van der Waals surface area (Å²) in [7, 11) is 1.94. The molecule has 0 unspecified atom stereocenters. The van der Waals surface area contributed by atoms with E-state index in [2.05, 4.69) is 24.1 Å². The second-order valence-corrected chi connectivity index (χ2v) is 5.10. The van der Waals surface area contributed by atoms with Crippen molar-refractivity contribution in [2.24, 2.45) is 12.5 Å². The fourth-order valence-corrected chi connectivity index (χ4v) is 1.62. The number of hydrogen-bond acceptors (Lipinski definition) is 3. The Hall–Kier alpha value is -1.52. The van der Waals surface area contributed by atoms with Crippen LogP contribution in [0, 0.1) is 5.41 Å². The maximum atomic E-state index is 10.5. The summed E-state index contributed by atoms with van der Waals surface area (Å²) >= 11 is 0. The van der Waals surface area contributed by atoms with Crippen molar-refractivity contribution >= 4 is 11.9 Å². The summed E-state index contributed by atoms with van der Waals surface area (Å²) in [4.78, 5) is 14.7. The molecule has 0 saturated carbocycles. The molecule has 0 spiro atoms. The Kier molecular flexibility index (Phi) is 4.54. The monoisotopic (exact) mass is 239 g/mol. The van der Waals surface area contributed by atoms with Gasteiger partial charge in [-0.05, 0) is 18.3 Å². The van der Waals surface area contributed by atoms with Gasteiger partial charge in [0.2, 0.25) is 5.95 Å². The SMILES string of the molecule is Cn1ccnc1NCCC(C)(C)CCC(=O)O. The molecule has 0 radical (unpaired) electrons. The Balaban J connectivity index is 2.30. The molecular formula is C12H21N3O2. The second-order valence-electron chi connectivity index (χ2n) is 5.10. The average Bonchev–Trinajstić information content (AvgIpc) is 2.62. The van der Waals surface area contributed by atoms with Crippen LogP contribution in [0.2, 0.25) is 0 Å². The predicted molar refractivity (Wildman–Crippen MR) is 67.0 cm³/mol. The van der Waals surface area contributed by atoms with Gasteiger partial charge in [-0.2, -0.15) is 0 Å². The van der Waals surface area contributed by atoms with Crippen LogP contribution in [0.4, 0.5) is 5.95 Å². The first-order valence-electron chi connectivity index (χ1n) is 5.84. The minimum absolute atomic E-state index is 0.0382. The zero-order chi connectivity index (χ0) is 12.9. The molecule has 1 heterocycles. The Morgan fingerprint density at radius 3 is 2.76 bits per heavy atom. The van der Waals surface area contributed by atoms with Crippen molar-refractivity contribution in [3.63, 3.8) is 0 Å². The number of aryl methyl sites for hydroxylation is 1. The summed E-state index contributed by atoms with van der Waals surface area (Å²) < 4.78 is 1.92. The van der Waals surface area contributed by atoms with Gasteiger partial charge >= 0.3 is 5.97 Å². The first-order chi connectivity index (χ1) is 7.91. The fourth-order valence-electron chi connectivity index (χ4n) is 1.62. The molecule has 0 aliphatic rings. The van der Waals surface area contributed by atoms with Crippen molar-refractivity contribution in [3.8, 4) is 0 Å². The molecule has 1 aromatic rings. The molecule has 0 aromatic carbocycles. The maximum Gasteiger partial charge on any atom is 0.303 e. The Labute approximate surface area is 102 Å². The molecule has 0 aliphatic carbocycles. The Morgan fingerprint density at radius 1 is 1.53 bits per heavy atom. The molecule has 0 saturated heterocycles. The van der Waals surface area contributed by atoms with Crippen molar-refractivity contribution in [2.45, 2.75) is 33.1 Å². The van der Waals surface area contributed by atoms with Gasteiger partial charge in [0, 0.05) is 32.4 Å². The van der Waals surface area contributed by atoms with Crippen molar-refractivity contribution in [3.05, 3.63) is 12.4 Å². The van der Waals surface area contributed by atoms with Gasteiger partial charge in [0.15, 0.2) is 0 Å². The molecule has 0 fully saturated rings. The zero-order valence-corrected chi connectivity index (χ0v) is 10.7. The lowest BCUT2D eigenvalue weighted by molar-refractivity contribution is -0.137. The number of aliphatic carboxylic acids is 1. The van der Waals surface area contributed by atoms with E-state index >= 15 is 0 Å². The van der Waals surface area contributed by atoms with Crippen molar-refractivity contribution in [1.29, 1.82) is 0 Å². The third kappa shape index (κ3) is 4.89. The first-order valence-corrected chi connectivity index (χ1v) is 5.84. The summed E-state index contributed by atoms with van der Waals surface area (Å²) in [5.41, 5.74) is 0.0382. The lowest BCUT2D eigenvalue weighted by Gasteiger charge is -2.23. The molecule has 1 aromatic heterocycles. The summed E-state index contributed by atoms with van der Waals surface area (Å²) in [6.07, 6.45) is 5.49. The highest BCUT2D eigenvalue weighted by Crippen LogP contribution is 2.26. The van der Waals surface area contributed by atoms with Crippen LogP contribution in [0.25, 0.3) is 0 Å². The number of carboxylic acid groups (broad SMARTS) is 1. The molecule has 0 bridgehead atoms. The van der Waals surface area contributed by atoms with Gasteiger partial charge in [0.1, 0.15) is 0 Å². The van der Waals surface area contributed by atoms with Crippen molar-refractivity contribution < 1.29 is 9.90 Å². The second kappa shape index (κ2) is 5.70. The molecule has 96 valence electrons. The number of hydrogen-bond donors (Lipinski definition) is 2. The number of carbonyl (C=O) groups is 1. The molecule has 5 heteroatoms. The Morgan fingerprint density at radius 2 is 2.24 bits per heavy atom. The summed E-state index contributed by atoms with van der Waals surface area (Å²) in [6, 6.07) is 0. The maximum absolute atomic E-state index is 10.5. The normalized spacial score (nSPS) is 11.5. The Bertz CT molecular complexity index is 372. The van der Waals surface area contributed by atoms with Crippen LogP contribution in [-0.2, 0) is 11.8 Å². The molecule has 0 atom stereocenters. The predicted octanol–water partition coefficient (Wildman–Crippen LogP) is 2.11. The molecule has 17 heavy (non-hydrogen) atoms. The van der Waals surface area contributed by atoms with Crippen LogP contribution in [-0.4, -0.2) is 27.2 Å². The molecule has 0 aliphatic heterocycles. The summed E-state index contributed by atoms with van der Waals surface area (Å²) in [6.45, 7) is 4.99. The van der Waals surface area contributed by atoms with Gasteiger partial charge in [0.05, 0.1) is 0 Å². The molecular weight excluding hydrogens is 218 g/mol. The average molecular weight is 239 g/mol. The van der Waals surface area contributed by atoms with E-state index in [0.29, 0.717) is 6.42 Å². The van der Waals surface area contributed by atoms with Crippen molar-refractivity contribution in [1.82, 2.24) is 9.55 Å². The van der Waals surface area contributed by atoms with Crippen molar-refractivity contribution in [2.75, 3.05) is 11.9 Å². The summed E-state index contributed by atoms with van der Waals surface area (Å²) in [5, 5.41) is 11.9. The van der Waals surface area contributed by atoms with E-state index in [0.717, 1.165) is 18.9 Å². The molecule has 0 amide bonds. The van der Waals surface area contributed by atoms with Crippen LogP contribution in [0.15, 0.2) is 12.4 Å². The number of rotatable bonds is 7. The van der Waals surface area contributed by atoms with Crippen LogP contribution in [0.3, 0.4) is 0 Å². The van der Waals surface area contributed by atoms with E-state index in [-0.39, 0.29) is 11.8 Å². The number of carboxylic acids is 1. The van der Waals surface area contributed by atoms with E-state index in [1.54, 1.807) is 6.20 Å². The third-order valence-electron chi connectivity index (χ3n) is 2.92. The molecule has 2 N–H and O–H groups in total. The number of anilines is 1. The van der Waals surface area contributed by atoms with E-state index in [1.807, 2.05) is 17.8 Å². The fraction of sp³-hybridized carbons (Fsp3) is 0.667. The quantitative estimate of drug-likeness (QED) is 0.764. The number of nitrogens with zero attached hydrogens (tertiary/aromatic N) is 2. The van der Waals surface area contributed by atoms with E-state index < -0.39 is 5.97 Å².